The lowest BCUT2D eigenvalue weighted by molar-refractivity contribution is -0.121. The van der Waals surface area contributed by atoms with Gasteiger partial charge in [0.2, 0.25) is 17.6 Å². The molecule has 24 heavy (non-hydrogen) atoms. The van der Waals surface area contributed by atoms with Crippen molar-refractivity contribution in [2.45, 2.75) is 32.9 Å². The molecule has 0 aliphatic rings. The second-order valence-corrected chi connectivity index (χ2v) is 5.51. The van der Waals surface area contributed by atoms with E-state index in [1.54, 1.807) is 19.4 Å². The van der Waals surface area contributed by atoms with Crippen LogP contribution in [-0.4, -0.2) is 25.6 Å². The number of hydrogen-bond acceptors (Lipinski definition) is 5. The molecule has 2 aromatic heterocycles. The van der Waals surface area contributed by atoms with Gasteiger partial charge in [-0.1, -0.05) is 29.4 Å². The SMILES string of the molecule is Cc1nc(-c2ccc(CNC(=O)CCCn3ccnc3)cc2)no1. The van der Waals surface area contributed by atoms with Crippen molar-refractivity contribution < 1.29 is 9.32 Å². The Kier molecular flexibility index (Phi) is 5.00. The molecule has 0 aliphatic carbocycles. The monoisotopic (exact) mass is 325 g/mol. The lowest BCUT2D eigenvalue weighted by Gasteiger charge is -2.06. The normalized spacial score (nSPS) is 10.7. The van der Waals surface area contributed by atoms with Crippen LogP contribution >= 0.6 is 0 Å². The van der Waals surface area contributed by atoms with E-state index in [-0.39, 0.29) is 5.91 Å². The van der Waals surface area contributed by atoms with Gasteiger partial charge in [0, 0.05) is 44.4 Å². The molecule has 0 fully saturated rings. The first-order chi connectivity index (χ1) is 11.7. The van der Waals surface area contributed by atoms with Crippen LogP contribution in [0, 0.1) is 6.92 Å². The van der Waals surface area contributed by atoms with Crippen LogP contribution in [-0.2, 0) is 17.9 Å². The second kappa shape index (κ2) is 7.54. The van der Waals surface area contributed by atoms with Crippen LogP contribution < -0.4 is 5.32 Å². The second-order valence-electron chi connectivity index (χ2n) is 5.51. The van der Waals surface area contributed by atoms with E-state index in [0.717, 1.165) is 24.1 Å². The molecule has 0 aliphatic heterocycles. The summed E-state index contributed by atoms with van der Waals surface area (Å²) < 4.78 is 6.93. The Morgan fingerprint density at radius 2 is 2.12 bits per heavy atom. The van der Waals surface area contributed by atoms with Crippen LogP contribution in [0.25, 0.3) is 11.4 Å². The van der Waals surface area contributed by atoms with Crippen LogP contribution in [0.4, 0.5) is 0 Å². The fraction of sp³-hybridized carbons (Fsp3) is 0.294. The first-order valence-electron chi connectivity index (χ1n) is 7.83. The quantitative estimate of drug-likeness (QED) is 0.720. The number of aromatic nitrogens is 4. The number of carbonyl (C=O) groups excluding carboxylic acids is 1. The average Bonchev–Trinajstić information content (AvgIpc) is 3.25. The topological polar surface area (TPSA) is 85.8 Å². The highest BCUT2D eigenvalue weighted by Crippen LogP contribution is 2.16. The van der Waals surface area contributed by atoms with Crippen molar-refractivity contribution in [3.63, 3.8) is 0 Å². The Hall–Kier alpha value is -2.96. The van der Waals surface area contributed by atoms with Crippen molar-refractivity contribution in [3.8, 4) is 11.4 Å². The van der Waals surface area contributed by atoms with E-state index in [1.807, 2.05) is 35.0 Å². The summed E-state index contributed by atoms with van der Waals surface area (Å²) in [4.78, 5) is 20.0. The molecule has 0 bridgehead atoms. The number of rotatable bonds is 7. The summed E-state index contributed by atoms with van der Waals surface area (Å²) in [5.41, 5.74) is 1.92. The van der Waals surface area contributed by atoms with E-state index in [1.165, 1.54) is 0 Å². The Bertz CT molecular complexity index is 778. The standard InChI is InChI=1S/C17H19N5O2/c1-13-20-17(21-24-13)15-6-4-14(5-7-15)11-19-16(23)3-2-9-22-10-8-18-12-22/h4-8,10,12H,2-3,9,11H2,1H3,(H,19,23). The molecule has 7 heteroatoms. The molecular weight excluding hydrogens is 306 g/mol. The Morgan fingerprint density at radius 1 is 1.29 bits per heavy atom. The van der Waals surface area contributed by atoms with E-state index < -0.39 is 0 Å². The van der Waals surface area contributed by atoms with Gasteiger partial charge >= 0.3 is 0 Å². The Morgan fingerprint density at radius 3 is 2.79 bits per heavy atom. The van der Waals surface area contributed by atoms with Crippen LogP contribution in [0.15, 0.2) is 47.5 Å². The van der Waals surface area contributed by atoms with E-state index in [9.17, 15) is 4.79 Å². The summed E-state index contributed by atoms with van der Waals surface area (Å²) in [6.45, 7) is 3.06. The third-order valence-corrected chi connectivity index (χ3v) is 3.61. The molecule has 0 atom stereocenters. The van der Waals surface area contributed by atoms with Crippen molar-refractivity contribution in [3.05, 3.63) is 54.4 Å². The Balaban J connectivity index is 1.43. The summed E-state index contributed by atoms with van der Waals surface area (Å²) in [5.74, 6) is 1.16. The number of amides is 1. The minimum absolute atomic E-state index is 0.0491. The summed E-state index contributed by atoms with van der Waals surface area (Å²) in [7, 11) is 0. The average molecular weight is 325 g/mol. The van der Waals surface area contributed by atoms with Crippen molar-refractivity contribution in [1.29, 1.82) is 0 Å². The summed E-state index contributed by atoms with van der Waals surface area (Å²) in [6.07, 6.45) is 6.67. The highest BCUT2D eigenvalue weighted by molar-refractivity contribution is 5.75. The van der Waals surface area contributed by atoms with Crippen LogP contribution in [0.5, 0.6) is 0 Å². The number of nitrogens with zero attached hydrogens (tertiary/aromatic N) is 4. The molecule has 1 N–H and O–H groups in total. The predicted octanol–water partition coefficient (Wildman–Crippen LogP) is 2.34. The lowest BCUT2D eigenvalue weighted by atomic mass is 10.1. The molecule has 0 radical (unpaired) electrons. The van der Waals surface area contributed by atoms with Crippen molar-refractivity contribution >= 4 is 5.91 Å². The van der Waals surface area contributed by atoms with Crippen LogP contribution in [0.1, 0.15) is 24.3 Å². The zero-order valence-corrected chi connectivity index (χ0v) is 13.5. The fourth-order valence-electron chi connectivity index (χ4n) is 2.32. The maximum absolute atomic E-state index is 11.9. The first-order valence-corrected chi connectivity index (χ1v) is 7.83. The zero-order valence-electron chi connectivity index (χ0n) is 13.5. The van der Waals surface area contributed by atoms with Crippen molar-refractivity contribution in [2.75, 3.05) is 0 Å². The minimum Gasteiger partial charge on any atom is -0.352 e. The molecule has 3 rings (SSSR count). The predicted molar refractivity (Wildman–Crippen MR) is 87.8 cm³/mol. The third-order valence-electron chi connectivity index (χ3n) is 3.61. The number of imidazole rings is 1. The third kappa shape index (κ3) is 4.28. The van der Waals surface area contributed by atoms with Gasteiger partial charge in [-0.3, -0.25) is 4.79 Å². The van der Waals surface area contributed by atoms with E-state index in [2.05, 4.69) is 20.4 Å². The number of hydrogen-bond donors (Lipinski definition) is 1. The minimum atomic E-state index is 0.0491. The molecule has 7 nitrogen and oxygen atoms in total. The van der Waals surface area contributed by atoms with Crippen molar-refractivity contribution in [2.24, 2.45) is 0 Å². The highest BCUT2D eigenvalue weighted by Gasteiger charge is 2.06. The van der Waals surface area contributed by atoms with Gasteiger partial charge < -0.3 is 14.4 Å². The van der Waals surface area contributed by atoms with Gasteiger partial charge in [0.05, 0.1) is 6.33 Å². The molecule has 0 saturated carbocycles. The molecule has 0 saturated heterocycles. The number of aryl methyl sites for hydroxylation is 2. The summed E-state index contributed by atoms with van der Waals surface area (Å²) in [5, 5.41) is 6.81. The van der Waals surface area contributed by atoms with Crippen LogP contribution in [0.2, 0.25) is 0 Å². The van der Waals surface area contributed by atoms with Gasteiger partial charge in [-0.15, -0.1) is 0 Å². The van der Waals surface area contributed by atoms with E-state index in [4.69, 9.17) is 4.52 Å². The zero-order chi connectivity index (χ0) is 16.8. The summed E-state index contributed by atoms with van der Waals surface area (Å²) in [6, 6.07) is 7.75. The Labute approximate surface area is 139 Å². The van der Waals surface area contributed by atoms with Gasteiger partial charge in [-0.05, 0) is 12.0 Å². The number of nitrogens with one attached hydrogen (secondary N) is 1. The van der Waals surface area contributed by atoms with Gasteiger partial charge in [-0.25, -0.2) is 4.98 Å². The van der Waals surface area contributed by atoms with Gasteiger partial charge in [0.1, 0.15) is 0 Å². The van der Waals surface area contributed by atoms with Crippen LogP contribution in [0.3, 0.4) is 0 Å². The molecule has 1 aromatic carbocycles. The fourth-order valence-corrected chi connectivity index (χ4v) is 2.32. The number of carbonyl (C=O) groups is 1. The van der Waals surface area contributed by atoms with Gasteiger partial charge in [0.25, 0.3) is 0 Å². The lowest BCUT2D eigenvalue weighted by Crippen LogP contribution is -2.22. The maximum atomic E-state index is 11.9. The number of benzene rings is 1. The molecule has 1 amide bonds. The largest absolute Gasteiger partial charge is 0.352 e. The van der Waals surface area contributed by atoms with E-state index in [0.29, 0.717) is 24.7 Å². The van der Waals surface area contributed by atoms with E-state index >= 15 is 0 Å². The molecule has 124 valence electrons. The molecule has 0 spiro atoms. The first kappa shape index (κ1) is 15.9. The molecule has 0 unspecified atom stereocenters. The smallest absolute Gasteiger partial charge is 0.223 e. The molecule has 3 aromatic rings. The maximum Gasteiger partial charge on any atom is 0.223 e. The van der Waals surface area contributed by atoms with Crippen molar-refractivity contribution in [1.82, 2.24) is 25.0 Å². The highest BCUT2D eigenvalue weighted by atomic mass is 16.5. The molecular formula is C17H19N5O2. The van der Waals surface area contributed by atoms with Gasteiger partial charge in [0.15, 0.2) is 0 Å². The molecule has 2 heterocycles. The summed E-state index contributed by atoms with van der Waals surface area (Å²) >= 11 is 0. The van der Waals surface area contributed by atoms with Gasteiger partial charge in [-0.2, -0.15) is 4.98 Å².